The zero-order valence-electron chi connectivity index (χ0n) is 14.3. The maximum atomic E-state index is 12.7. The lowest BCUT2D eigenvalue weighted by atomic mass is 10.1. The molecule has 0 spiro atoms. The Balaban J connectivity index is 1.86. The lowest BCUT2D eigenvalue weighted by Gasteiger charge is -2.08. The fraction of sp³-hybridized carbons (Fsp3) is 0.263. The van der Waals surface area contributed by atoms with Crippen LogP contribution in [-0.4, -0.2) is 21.8 Å². The van der Waals surface area contributed by atoms with Crippen molar-refractivity contribution in [3.63, 3.8) is 0 Å². The number of nitrogens with zero attached hydrogens (tertiary/aromatic N) is 2. The molecule has 2 heterocycles. The molecule has 0 saturated carbocycles. The first-order chi connectivity index (χ1) is 12.2. The maximum absolute atomic E-state index is 12.7. The Labute approximate surface area is 148 Å². The van der Waals surface area contributed by atoms with Crippen molar-refractivity contribution in [2.75, 3.05) is 6.54 Å². The van der Waals surface area contributed by atoms with Crippen molar-refractivity contribution < 1.29 is 18.0 Å². The Morgan fingerprint density at radius 2 is 1.73 bits per heavy atom. The number of pyridine rings is 1. The summed E-state index contributed by atoms with van der Waals surface area (Å²) in [6.07, 6.45) is -1.01. The molecule has 26 heavy (non-hydrogen) atoms. The second-order valence-corrected chi connectivity index (χ2v) is 6.49. The Bertz CT molecular complexity index is 927. The van der Waals surface area contributed by atoms with Crippen molar-refractivity contribution in [2.24, 2.45) is 5.92 Å². The van der Waals surface area contributed by atoms with Gasteiger partial charge in [-0.05, 0) is 41.3 Å². The van der Waals surface area contributed by atoms with Gasteiger partial charge in [0.2, 0.25) is 0 Å². The number of carbonyl (C=O) groups excluding carboxylic acids is 1. The molecule has 0 bridgehead atoms. The molecule has 0 saturated heterocycles. The van der Waals surface area contributed by atoms with Gasteiger partial charge in [-0.15, -0.1) is 0 Å². The van der Waals surface area contributed by atoms with Crippen LogP contribution in [0.15, 0.2) is 48.8 Å². The van der Waals surface area contributed by atoms with E-state index in [0.717, 1.165) is 17.7 Å². The molecule has 0 unspecified atom stereocenters. The van der Waals surface area contributed by atoms with E-state index < -0.39 is 11.7 Å². The highest BCUT2D eigenvalue weighted by Crippen LogP contribution is 2.31. The molecule has 0 aliphatic rings. The first-order valence-electron chi connectivity index (χ1n) is 8.18. The normalized spacial score (nSPS) is 11.9. The number of amides is 1. The number of hydrogen-bond acceptors (Lipinski definition) is 2. The number of halogens is 3. The standard InChI is InChI=1S/C19H18F3N3O/c1-12(2)9-23-18(26)16-11-25-10-14(5-8-17(25)24-16)13-3-6-15(7-4-13)19(20,21)22/h3-8,10-12H,9H2,1-2H3,(H,23,26). The summed E-state index contributed by atoms with van der Waals surface area (Å²) in [6.45, 7) is 4.56. The van der Waals surface area contributed by atoms with E-state index in [-0.39, 0.29) is 5.91 Å². The van der Waals surface area contributed by atoms with Crippen LogP contribution >= 0.6 is 0 Å². The molecular formula is C19H18F3N3O. The number of imidazole rings is 1. The van der Waals surface area contributed by atoms with Gasteiger partial charge in [0.15, 0.2) is 0 Å². The van der Waals surface area contributed by atoms with E-state index in [4.69, 9.17) is 0 Å². The van der Waals surface area contributed by atoms with Gasteiger partial charge in [0.05, 0.1) is 5.56 Å². The minimum atomic E-state index is -4.36. The minimum absolute atomic E-state index is 0.251. The fourth-order valence-corrected chi connectivity index (χ4v) is 2.51. The van der Waals surface area contributed by atoms with Gasteiger partial charge < -0.3 is 9.72 Å². The van der Waals surface area contributed by atoms with E-state index in [9.17, 15) is 18.0 Å². The van der Waals surface area contributed by atoms with Crippen molar-refractivity contribution in [1.29, 1.82) is 0 Å². The van der Waals surface area contributed by atoms with Crippen molar-refractivity contribution in [3.8, 4) is 11.1 Å². The highest BCUT2D eigenvalue weighted by Gasteiger charge is 2.29. The fourth-order valence-electron chi connectivity index (χ4n) is 2.51. The van der Waals surface area contributed by atoms with Crippen molar-refractivity contribution in [3.05, 3.63) is 60.0 Å². The number of benzene rings is 1. The first-order valence-corrected chi connectivity index (χ1v) is 8.18. The lowest BCUT2D eigenvalue weighted by Crippen LogP contribution is -2.27. The van der Waals surface area contributed by atoms with Crippen LogP contribution in [0.4, 0.5) is 13.2 Å². The molecule has 1 N–H and O–H groups in total. The molecule has 136 valence electrons. The summed E-state index contributed by atoms with van der Waals surface area (Å²) in [5.74, 6) is 0.0840. The molecule has 0 aliphatic heterocycles. The van der Waals surface area contributed by atoms with Crippen LogP contribution in [0.2, 0.25) is 0 Å². The van der Waals surface area contributed by atoms with Crippen LogP contribution in [0.1, 0.15) is 29.9 Å². The highest BCUT2D eigenvalue weighted by molar-refractivity contribution is 5.92. The van der Waals surface area contributed by atoms with E-state index >= 15 is 0 Å². The Morgan fingerprint density at radius 1 is 1.08 bits per heavy atom. The smallest absolute Gasteiger partial charge is 0.350 e. The molecule has 1 amide bonds. The van der Waals surface area contributed by atoms with Gasteiger partial charge in [0, 0.05) is 18.9 Å². The Kier molecular flexibility index (Phi) is 4.71. The molecule has 4 nitrogen and oxygen atoms in total. The molecule has 0 radical (unpaired) electrons. The van der Waals surface area contributed by atoms with E-state index in [2.05, 4.69) is 10.3 Å². The van der Waals surface area contributed by atoms with Gasteiger partial charge in [0.1, 0.15) is 11.3 Å². The number of alkyl halides is 3. The van der Waals surface area contributed by atoms with Gasteiger partial charge >= 0.3 is 6.18 Å². The zero-order chi connectivity index (χ0) is 18.9. The largest absolute Gasteiger partial charge is 0.416 e. The van der Waals surface area contributed by atoms with Gasteiger partial charge in [-0.3, -0.25) is 4.79 Å². The summed E-state index contributed by atoms with van der Waals surface area (Å²) in [6, 6.07) is 8.46. The van der Waals surface area contributed by atoms with E-state index in [0.29, 0.717) is 29.4 Å². The topological polar surface area (TPSA) is 46.4 Å². The zero-order valence-corrected chi connectivity index (χ0v) is 14.3. The average Bonchev–Trinajstić information content (AvgIpc) is 3.02. The summed E-state index contributed by atoms with van der Waals surface area (Å²) in [5, 5.41) is 2.80. The maximum Gasteiger partial charge on any atom is 0.416 e. The molecule has 2 aromatic heterocycles. The third-order valence-electron chi connectivity index (χ3n) is 3.90. The summed E-state index contributed by atoms with van der Waals surface area (Å²) in [4.78, 5) is 16.4. The van der Waals surface area contributed by atoms with Gasteiger partial charge in [-0.25, -0.2) is 4.98 Å². The molecule has 1 aromatic carbocycles. The molecular weight excluding hydrogens is 343 g/mol. The monoisotopic (exact) mass is 361 g/mol. The Morgan fingerprint density at radius 3 is 2.35 bits per heavy atom. The van der Waals surface area contributed by atoms with Crippen LogP contribution in [0.3, 0.4) is 0 Å². The third kappa shape index (κ3) is 3.87. The molecule has 7 heteroatoms. The summed E-state index contributed by atoms with van der Waals surface area (Å²) < 4.78 is 39.7. The van der Waals surface area contributed by atoms with Crippen LogP contribution < -0.4 is 5.32 Å². The van der Waals surface area contributed by atoms with Gasteiger partial charge in [-0.2, -0.15) is 13.2 Å². The summed E-state index contributed by atoms with van der Waals surface area (Å²) in [5.41, 5.74) is 1.59. The number of aromatic nitrogens is 2. The SMILES string of the molecule is CC(C)CNC(=O)c1cn2cc(-c3ccc(C(F)(F)F)cc3)ccc2n1. The predicted molar refractivity (Wildman–Crippen MR) is 92.8 cm³/mol. The number of carbonyl (C=O) groups is 1. The molecule has 0 fully saturated rings. The van der Waals surface area contributed by atoms with E-state index in [1.54, 1.807) is 28.9 Å². The van der Waals surface area contributed by atoms with Crippen LogP contribution in [-0.2, 0) is 6.18 Å². The quantitative estimate of drug-likeness (QED) is 0.748. The molecule has 0 atom stereocenters. The lowest BCUT2D eigenvalue weighted by molar-refractivity contribution is -0.137. The summed E-state index contributed by atoms with van der Waals surface area (Å²) >= 11 is 0. The molecule has 3 aromatic rings. The van der Waals surface area contributed by atoms with Gasteiger partial charge in [-0.1, -0.05) is 26.0 Å². The molecule has 3 rings (SSSR count). The minimum Gasteiger partial charge on any atom is -0.350 e. The Hall–Kier alpha value is -2.83. The average molecular weight is 361 g/mol. The second-order valence-electron chi connectivity index (χ2n) is 6.49. The number of rotatable bonds is 4. The third-order valence-corrected chi connectivity index (χ3v) is 3.90. The van der Waals surface area contributed by atoms with E-state index in [1.165, 1.54) is 12.1 Å². The van der Waals surface area contributed by atoms with Gasteiger partial charge in [0.25, 0.3) is 5.91 Å². The van der Waals surface area contributed by atoms with Crippen molar-refractivity contribution >= 4 is 11.6 Å². The molecule has 0 aliphatic carbocycles. The predicted octanol–water partition coefficient (Wildman–Crippen LogP) is 4.41. The first kappa shape index (κ1) is 18.0. The number of nitrogens with one attached hydrogen (secondary N) is 1. The number of hydrogen-bond donors (Lipinski definition) is 1. The second kappa shape index (κ2) is 6.82. The number of fused-ring (bicyclic) bond motifs is 1. The summed E-state index contributed by atoms with van der Waals surface area (Å²) in [7, 11) is 0. The van der Waals surface area contributed by atoms with Crippen molar-refractivity contribution in [1.82, 2.24) is 14.7 Å². The highest BCUT2D eigenvalue weighted by atomic mass is 19.4. The van der Waals surface area contributed by atoms with Crippen molar-refractivity contribution in [2.45, 2.75) is 20.0 Å². The van der Waals surface area contributed by atoms with Crippen LogP contribution in [0.25, 0.3) is 16.8 Å². The van der Waals surface area contributed by atoms with Crippen LogP contribution in [0, 0.1) is 5.92 Å². The van der Waals surface area contributed by atoms with E-state index in [1.807, 2.05) is 13.8 Å². The van der Waals surface area contributed by atoms with Crippen LogP contribution in [0.5, 0.6) is 0 Å².